The predicted octanol–water partition coefficient (Wildman–Crippen LogP) is 2.92. The molecule has 2 aromatic rings. The van der Waals surface area contributed by atoms with Gasteiger partial charge in [-0.15, -0.1) is 4.40 Å². The minimum Gasteiger partial charge on any atom is -0.386 e. The lowest BCUT2D eigenvalue weighted by atomic mass is 9.99. The third-order valence-electron chi connectivity index (χ3n) is 5.86. The van der Waals surface area contributed by atoms with Crippen LogP contribution in [0.2, 0.25) is 5.02 Å². The van der Waals surface area contributed by atoms with Gasteiger partial charge in [0.25, 0.3) is 10.0 Å². The van der Waals surface area contributed by atoms with Gasteiger partial charge >= 0.3 is 0 Å². The molecule has 0 spiro atoms. The van der Waals surface area contributed by atoms with E-state index in [2.05, 4.69) is 9.30 Å². The fourth-order valence-corrected chi connectivity index (χ4v) is 5.57. The number of nitrogens with two attached hydrogens (primary N) is 1. The second kappa shape index (κ2) is 9.15. The van der Waals surface area contributed by atoms with Crippen LogP contribution in [-0.2, 0) is 26.0 Å². The lowest BCUT2D eigenvalue weighted by molar-refractivity contribution is -0.118. The van der Waals surface area contributed by atoms with Gasteiger partial charge < -0.3 is 15.5 Å². The number of sulfonamides is 1. The van der Waals surface area contributed by atoms with Crippen LogP contribution < -0.4 is 15.5 Å². The number of fused-ring (bicyclic) bond motifs is 1. The number of aryl methyl sites for hydroxylation is 1. The molecule has 0 unspecified atom stereocenters. The lowest BCUT2D eigenvalue weighted by Gasteiger charge is -2.35. The summed E-state index contributed by atoms with van der Waals surface area (Å²) in [7, 11) is -4.04. The maximum atomic E-state index is 13.3. The first-order valence-electron chi connectivity index (χ1n) is 10.7. The molecule has 0 radical (unpaired) electrons. The highest BCUT2D eigenvalue weighted by Gasteiger charge is 2.38. The van der Waals surface area contributed by atoms with Crippen molar-refractivity contribution in [2.75, 3.05) is 22.9 Å². The molecule has 1 saturated heterocycles. The van der Waals surface area contributed by atoms with E-state index in [0.29, 0.717) is 23.7 Å². The molecule has 4 rings (SSSR count). The number of anilines is 2. The zero-order valence-electron chi connectivity index (χ0n) is 18.2. The first kappa shape index (κ1) is 23.3. The summed E-state index contributed by atoms with van der Waals surface area (Å²) in [5.74, 6) is -0.548. The Morgan fingerprint density at radius 3 is 2.61 bits per heavy atom. The Kier molecular flexibility index (Phi) is 6.45. The Labute approximate surface area is 198 Å². The molecule has 0 saturated carbocycles. The zero-order chi connectivity index (χ0) is 23.8. The molecule has 1 amide bonds. The molecule has 0 bridgehead atoms. The lowest BCUT2D eigenvalue weighted by Crippen LogP contribution is -2.44. The molecule has 2 aliphatic rings. The third kappa shape index (κ3) is 4.89. The van der Waals surface area contributed by atoms with Crippen LogP contribution in [-0.4, -0.2) is 45.1 Å². The van der Waals surface area contributed by atoms with Crippen LogP contribution in [0.4, 0.5) is 11.4 Å². The highest BCUT2D eigenvalue weighted by Crippen LogP contribution is 2.35. The topological polar surface area (TPSA) is 113 Å². The number of amidine groups is 1. The minimum atomic E-state index is -4.04. The number of ketones is 1. The van der Waals surface area contributed by atoms with Crippen molar-refractivity contribution in [3.8, 4) is 0 Å². The zero-order valence-corrected chi connectivity index (χ0v) is 19.8. The maximum Gasteiger partial charge on any atom is 0.283 e. The van der Waals surface area contributed by atoms with Gasteiger partial charge in [0.1, 0.15) is 17.7 Å². The number of halogens is 1. The molecule has 2 heterocycles. The Hall–Kier alpha value is -2.91. The Morgan fingerprint density at radius 2 is 1.91 bits per heavy atom. The third-order valence-corrected chi connectivity index (χ3v) is 7.44. The normalized spacial score (nSPS) is 19.0. The molecule has 2 aromatic carbocycles. The van der Waals surface area contributed by atoms with Crippen molar-refractivity contribution in [1.82, 2.24) is 0 Å². The van der Waals surface area contributed by atoms with E-state index in [9.17, 15) is 18.0 Å². The van der Waals surface area contributed by atoms with E-state index in [-0.39, 0.29) is 34.9 Å². The number of carbonyl (C=O) groups excluding carboxylic acids is 2. The number of amides is 1. The largest absolute Gasteiger partial charge is 0.386 e. The van der Waals surface area contributed by atoms with Gasteiger partial charge in [-0.3, -0.25) is 9.59 Å². The number of hydrogen-bond acceptors (Lipinski definition) is 5. The second-order valence-corrected chi connectivity index (χ2v) is 10.3. The van der Waals surface area contributed by atoms with Crippen molar-refractivity contribution < 1.29 is 18.0 Å². The van der Waals surface area contributed by atoms with Crippen LogP contribution in [0.5, 0.6) is 0 Å². The SMILES string of the molecule is CC(=O)CC(N)=NS(=O)(=O)c1ccc(N2CC[C@H](N3CCCc4cc(Cl)ccc43)C2=O)cc1. The first-order chi connectivity index (χ1) is 15.7. The maximum absolute atomic E-state index is 13.3. The molecule has 174 valence electrons. The molecule has 8 nitrogen and oxygen atoms in total. The van der Waals surface area contributed by atoms with Gasteiger partial charge in [-0.05, 0) is 74.2 Å². The summed E-state index contributed by atoms with van der Waals surface area (Å²) in [4.78, 5) is 28.2. The fourth-order valence-electron chi connectivity index (χ4n) is 4.42. The molecule has 2 aliphatic heterocycles. The van der Waals surface area contributed by atoms with Gasteiger partial charge in [0.15, 0.2) is 0 Å². The number of carbonyl (C=O) groups is 2. The molecule has 2 N–H and O–H groups in total. The smallest absolute Gasteiger partial charge is 0.283 e. The molecule has 1 fully saturated rings. The number of Topliss-reactive ketones (excluding diaryl/α,β-unsaturated/α-hetero) is 1. The molecular formula is C23H25ClN4O4S. The van der Waals surface area contributed by atoms with Crippen molar-refractivity contribution in [3.63, 3.8) is 0 Å². The van der Waals surface area contributed by atoms with Crippen LogP contribution in [0.25, 0.3) is 0 Å². The average molecular weight is 489 g/mol. The second-order valence-electron chi connectivity index (χ2n) is 8.29. The van der Waals surface area contributed by atoms with E-state index in [1.807, 2.05) is 18.2 Å². The van der Waals surface area contributed by atoms with E-state index in [1.54, 1.807) is 17.0 Å². The molecule has 0 aromatic heterocycles. The highest BCUT2D eigenvalue weighted by molar-refractivity contribution is 7.90. The van der Waals surface area contributed by atoms with E-state index >= 15 is 0 Å². The van der Waals surface area contributed by atoms with Crippen molar-refractivity contribution in [2.24, 2.45) is 10.1 Å². The summed E-state index contributed by atoms with van der Waals surface area (Å²) in [5.41, 5.74) is 8.38. The Balaban J connectivity index is 1.52. The molecule has 1 atom stereocenters. The van der Waals surface area contributed by atoms with Gasteiger partial charge in [-0.2, -0.15) is 8.42 Å². The van der Waals surface area contributed by atoms with E-state index < -0.39 is 10.0 Å². The van der Waals surface area contributed by atoms with Crippen LogP contribution in [0.1, 0.15) is 31.7 Å². The van der Waals surface area contributed by atoms with Crippen molar-refractivity contribution >= 4 is 50.5 Å². The standard InChI is InChI=1S/C23H25ClN4O4S/c1-15(29)13-22(25)26-33(31,32)19-7-5-18(6-8-19)27-12-10-21(23(27)30)28-11-2-3-16-14-17(24)4-9-20(16)28/h4-9,14,21H,2-3,10-13H2,1H3,(H2,25,26)/t21-/m0/s1. The summed E-state index contributed by atoms with van der Waals surface area (Å²) in [6.45, 7) is 2.65. The fraction of sp³-hybridized carbons (Fsp3) is 0.348. The molecule has 0 aliphatic carbocycles. The summed E-state index contributed by atoms with van der Waals surface area (Å²) in [6, 6.07) is 11.5. The molecule has 33 heavy (non-hydrogen) atoms. The summed E-state index contributed by atoms with van der Waals surface area (Å²) >= 11 is 6.14. The number of nitrogens with zero attached hydrogens (tertiary/aromatic N) is 3. The van der Waals surface area contributed by atoms with Crippen molar-refractivity contribution in [1.29, 1.82) is 0 Å². The van der Waals surface area contributed by atoms with Gasteiger partial charge in [0.05, 0.1) is 11.3 Å². The number of benzene rings is 2. The quantitative estimate of drug-likeness (QED) is 0.494. The molecular weight excluding hydrogens is 464 g/mol. The van der Waals surface area contributed by atoms with Gasteiger partial charge in [0, 0.05) is 29.5 Å². The van der Waals surface area contributed by atoms with Gasteiger partial charge in [-0.25, -0.2) is 0 Å². The summed E-state index contributed by atoms with van der Waals surface area (Å²) < 4.78 is 28.4. The monoisotopic (exact) mass is 488 g/mol. The highest BCUT2D eigenvalue weighted by atomic mass is 35.5. The summed E-state index contributed by atoms with van der Waals surface area (Å²) in [6.07, 6.45) is 2.34. The number of rotatable bonds is 6. The van der Waals surface area contributed by atoms with Crippen LogP contribution in [0.15, 0.2) is 51.8 Å². The van der Waals surface area contributed by atoms with Crippen LogP contribution >= 0.6 is 11.6 Å². The van der Waals surface area contributed by atoms with E-state index in [1.165, 1.54) is 19.1 Å². The van der Waals surface area contributed by atoms with Crippen LogP contribution in [0, 0.1) is 0 Å². The van der Waals surface area contributed by atoms with Gasteiger partial charge in [0.2, 0.25) is 5.91 Å². The Bertz CT molecular complexity index is 1230. The predicted molar refractivity (Wildman–Crippen MR) is 128 cm³/mol. The van der Waals surface area contributed by atoms with Crippen molar-refractivity contribution in [3.05, 3.63) is 53.1 Å². The van der Waals surface area contributed by atoms with E-state index in [0.717, 1.165) is 30.6 Å². The first-order valence-corrected chi connectivity index (χ1v) is 12.5. The average Bonchev–Trinajstić information content (AvgIpc) is 3.13. The summed E-state index contributed by atoms with van der Waals surface area (Å²) in [5, 5.41) is 0.692. The minimum absolute atomic E-state index is 0.0165. The number of hydrogen-bond donors (Lipinski definition) is 1. The Morgan fingerprint density at radius 1 is 1.18 bits per heavy atom. The van der Waals surface area contributed by atoms with Gasteiger partial charge in [-0.1, -0.05) is 11.6 Å². The molecule has 10 heteroatoms. The van der Waals surface area contributed by atoms with Crippen molar-refractivity contribution in [2.45, 2.75) is 43.5 Å². The van der Waals surface area contributed by atoms with Crippen LogP contribution in [0.3, 0.4) is 0 Å². The van der Waals surface area contributed by atoms with E-state index in [4.69, 9.17) is 17.3 Å².